The highest BCUT2D eigenvalue weighted by molar-refractivity contribution is 5.88. The van der Waals surface area contributed by atoms with Crippen LogP contribution >= 0.6 is 0 Å². The highest BCUT2D eigenvalue weighted by Crippen LogP contribution is 2.14. The van der Waals surface area contributed by atoms with E-state index in [1.54, 1.807) is 12.1 Å². The number of amides is 1. The van der Waals surface area contributed by atoms with Gasteiger partial charge in [0.25, 0.3) is 0 Å². The Morgan fingerprint density at radius 1 is 1.20 bits per heavy atom. The number of benzene rings is 1. The molecule has 3 rings (SSSR count). The zero-order chi connectivity index (χ0) is 17.6. The number of hydrogen-bond donors (Lipinski definition) is 2. The molecule has 0 atom stereocenters. The molecule has 2 aromatic rings. The minimum absolute atomic E-state index is 0.127. The third-order valence-electron chi connectivity index (χ3n) is 4.40. The van der Waals surface area contributed by atoms with Gasteiger partial charge < -0.3 is 15.0 Å². The number of nitrogens with zero attached hydrogens (tertiary/aromatic N) is 3. The van der Waals surface area contributed by atoms with E-state index in [1.165, 1.54) is 18.6 Å². The lowest BCUT2D eigenvalue weighted by Crippen LogP contribution is -2.28. The summed E-state index contributed by atoms with van der Waals surface area (Å²) in [5, 5.41) is 20.4. The molecule has 0 unspecified atom stereocenters. The third-order valence-corrected chi connectivity index (χ3v) is 4.40. The molecule has 0 fully saturated rings. The molecule has 2 heterocycles. The molecule has 0 radical (unpaired) electrons. The van der Waals surface area contributed by atoms with Crippen molar-refractivity contribution < 1.29 is 14.7 Å². The number of nitrogens with one attached hydrogen (secondary N) is 1. The quantitative estimate of drug-likeness (QED) is 0.831. The minimum atomic E-state index is -0.991. The fourth-order valence-corrected chi connectivity index (χ4v) is 3.11. The lowest BCUT2D eigenvalue weighted by atomic mass is 10.1. The van der Waals surface area contributed by atoms with Gasteiger partial charge in [-0.2, -0.15) is 0 Å². The summed E-state index contributed by atoms with van der Waals surface area (Å²) in [6, 6.07) is 6.45. The van der Waals surface area contributed by atoms with Gasteiger partial charge in [0, 0.05) is 25.9 Å². The molecule has 0 bridgehead atoms. The maximum Gasteiger partial charge on any atom is 0.335 e. The van der Waals surface area contributed by atoms with Crippen LogP contribution in [0.3, 0.4) is 0 Å². The number of rotatable bonds is 6. The zero-order valence-electron chi connectivity index (χ0n) is 14.1. The summed E-state index contributed by atoms with van der Waals surface area (Å²) in [6.45, 7) is 1.45. The van der Waals surface area contributed by atoms with E-state index in [1.807, 2.05) is 0 Å². The van der Waals surface area contributed by atoms with Gasteiger partial charge in [0.2, 0.25) is 5.91 Å². The molecular formula is C18H22N4O3. The summed E-state index contributed by atoms with van der Waals surface area (Å²) in [4.78, 5) is 23.0. The molecule has 25 heavy (non-hydrogen) atoms. The molecule has 1 aromatic heterocycles. The Labute approximate surface area is 146 Å². The summed E-state index contributed by atoms with van der Waals surface area (Å²) >= 11 is 0. The van der Waals surface area contributed by atoms with Crippen LogP contribution < -0.4 is 5.32 Å². The molecule has 7 nitrogen and oxygen atoms in total. The number of aryl methyl sites for hydroxylation is 1. The van der Waals surface area contributed by atoms with Crippen LogP contribution in [0.2, 0.25) is 0 Å². The fourth-order valence-electron chi connectivity index (χ4n) is 3.11. The molecule has 1 aliphatic heterocycles. The molecule has 0 saturated heterocycles. The van der Waals surface area contributed by atoms with Gasteiger partial charge in [0.1, 0.15) is 11.6 Å². The number of aromatic carboxylic acids is 1. The SMILES string of the molecule is O=C(Cc1cccc(C(=O)O)c1)NCCc1nnc2n1CCCCC2. The van der Waals surface area contributed by atoms with Crippen LogP contribution in [-0.2, 0) is 30.6 Å². The van der Waals surface area contributed by atoms with E-state index < -0.39 is 5.97 Å². The van der Waals surface area contributed by atoms with Gasteiger partial charge in [0.15, 0.2) is 0 Å². The summed E-state index contributed by atoms with van der Waals surface area (Å²) in [6.07, 6.45) is 5.30. The first-order valence-corrected chi connectivity index (χ1v) is 8.63. The van der Waals surface area contributed by atoms with Crippen molar-refractivity contribution in [1.82, 2.24) is 20.1 Å². The number of fused-ring (bicyclic) bond motifs is 1. The molecule has 1 aromatic carbocycles. The fraction of sp³-hybridized carbons (Fsp3) is 0.444. The van der Waals surface area contributed by atoms with Crippen molar-refractivity contribution in [1.29, 1.82) is 0 Å². The van der Waals surface area contributed by atoms with Crippen LogP contribution in [0.25, 0.3) is 0 Å². The molecule has 0 saturated carbocycles. The second kappa shape index (κ2) is 7.92. The van der Waals surface area contributed by atoms with Gasteiger partial charge in [-0.1, -0.05) is 18.6 Å². The topological polar surface area (TPSA) is 97.1 Å². The van der Waals surface area contributed by atoms with Crippen LogP contribution in [0.4, 0.5) is 0 Å². The van der Waals surface area contributed by atoms with Crippen LogP contribution in [0.15, 0.2) is 24.3 Å². The molecule has 132 valence electrons. The number of hydrogen-bond acceptors (Lipinski definition) is 4. The van der Waals surface area contributed by atoms with Crippen molar-refractivity contribution in [2.45, 2.75) is 45.1 Å². The van der Waals surface area contributed by atoms with E-state index in [2.05, 4.69) is 20.1 Å². The second-order valence-electron chi connectivity index (χ2n) is 6.28. The smallest absolute Gasteiger partial charge is 0.335 e. The Kier molecular flexibility index (Phi) is 5.42. The second-order valence-corrected chi connectivity index (χ2v) is 6.28. The first-order chi connectivity index (χ1) is 12.1. The van der Waals surface area contributed by atoms with E-state index in [9.17, 15) is 9.59 Å². The van der Waals surface area contributed by atoms with E-state index in [0.29, 0.717) is 18.5 Å². The highest BCUT2D eigenvalue weighted by Gasteiger charge is 2.14. The predicted octanol–water partition coefficient (Wildman–Crippen LogP) is 1.60. The van der Waals surface area contributed by atoms with Gasteiger partial charge in [0.05, 0.1) is 12.0 Å². The lowest BCUT2D eigenvalue weighted by Gasteiger charge is -2.08. The monoisotopic (exact) mass is 342 g/mol. The summed E-state index contributed by atoms with van der Waals surface area (Å²) in [5.41, 5.74) is 0.880. The van der Waals surface area contributed by atoms with Gasteiger partial charge in [-0.3, -0.25) is 4.79 Å². The first-order valence-electron chi connectivity index (χ1n) is 8.63. The van der Waals surface area contributed by atoms with Crippen molar-refractivity contribution >= 4 is 11.9 Å². The summed E-state index contributed by atoms with van der Waals surface area (Å²) in [7, 11) is 0. The van der Waals surface area contributed by atoms with Crippen LogP contribution in [0.1, 0.15) is 46.8 Å². The molecule has 7 heteroatoms. The average molecular weight is 342 g/mol. The number of aromatic nitrogens is 3. The van der Waals surface area contributed by atoms with Crippen molar-refractivity contribution in [2.24, 2.45) is 0 Å². The van der Waals surface area contributed by atoms with Crippen LogP contribution in [0, 0.1) is 0 Å². The Balaban J connectivity index is 1.51. The molecule has 1 aliphatic rings. The Bertz CT molecular complexity index is 769. The average Bonchev–Trinajstić information content (AvgIpc) is 2.82. The predicted molar refractivity (Wildman–Crippen MR) is 91.4 cm³/mol. The molecule has 2 N–H and O–H groups in total. The molecule has 1 amide bonds. The Morgan fingerprint density at radius 3 is 2.92 bits per heavy atom. The standard InChI is InChI=1S/C18H22N4O3/c23-17(12-13-5-4-6-14(11-13)18(24)25)19-9-8-16-21-20-15-7-2-1-3-10-22(15)16/h4-6,11H,1-3,7-10,12H2,(H,19,23)(H,24,25). The zero-order valence-corrected chi connectivity index (χ0v) is 14.1. The molecular weight excluding hydrogens is 320 g/mol. The van der Waals surface area contributed by atoms with Gasteiger partial charge in [-0.25, -0.2) is 4.79 Å². The maximum atomic E-state index is 12.1. The lowest BCUT2D eigenvalue weighted by molar-refractivity contribution is -0.120. The summed E-state index contributed by atoms with van der Waals surface area (Å²) < 4.78 is 2.18. The van der Waals surface area contributed by atoms with Crippen LogP contribution in [-0.4, -0.2) is 38.3 Å². The first kappa shape index (κ1) is 17.1. The van der Waals surface area contributed by atoms with Gasteiger partial charge in [-0.05, 0) is 30.5 Å². The highest BCUT2D eigenvalue weighted by atomic mass is 16.4. The van der Waals surface area contributed by atoms with Crippen molar-refractivity contribution in [3.05, 3.63) is 47.0 Å². The number of carboxylic acids is 1. The van der Waals surface area contributed by atoms with E-state index in [-0.39, 0.29) is 17.9 Å². The maximum absolute atomic E-state index is 12.1. The molecule has 0 aliphatic carbocycles. The van der Waals surface area contributed by atoms with E-state index in [0.717, 1.165) is 37.5 Å². The largest absolute Gasteiger partial charge is 0.478 e. The Hall–Kier alpha value is -2.70. The van der Waals surface area contributed by atoms with E-state index in [4.69, 9.17) is 5.11 Å². The number of carbonyl (C=O) groups is 2. The van der Waals surface area contributed by atoms with Gasteiger partial charge in [-0.15, -0.1) is 10.2 Å². The van der Waals surface area contributed by atoms with E-state index >= 15 is 0 Å². The minimum Gasteiger partial charge on any atom is -0.478 e. The van der Waals surface area contributed by atoms with Crippen LogP contribution in [0.5, 0.6) is 0 Å². The third kappa shape index (κ3) is 4.43. The Morgan fingerprint density at radius 2 is 2.08 bits per heavy atom. The van der Waals surface area contributed by atoms with Crippen molar-refractivity contribution in [3.8, 4) is 0 Å². The van der Waals surface area contributed by atoms with Crippen molar-refractivity contribution in [2.75, 3.05) is 6.54 Å². The summed E-state index contributed by atoms with van der Waals surface area (Å²) in [5.74, 6) is 0.849. The van der Waals surface area contributed by atoms with Crippen molar-refractivity contribution in [3.63, 3.8) is 0 Å². The number of carbonyl (C=O) groups excluding carboxylic acids is 1. The number of carboxylic acid groups (broad SMARTS) is 1. The normalized spacial score (nSPS) is 13.8. The molecule has 0 spiro atoms. The van der Waals surface area contributed by atoms with Gasteiger partial charge >= 0.3 is 5.97 Å².